The Hall–Kier alpha value is -4.04. The van der Waals surface area contributed by atoms with E-state index in [9.17, 15) is 14.7 Å². The number of furan rings is 1. The zero-order chi connectivity index (χ0) is 24.0. The maximum atomic E-state index is 13.7. The predicted molar refractivity (Wildman–Crippen MR) is 129 cm³/mol. The molecule has 8 heteroatoms. The Morgan fingerprint density at radius 3 is 2.50 bits per heavy atom. The zero-order valence-corrected chi connectivity index (χ0v) is 19.5. The number of aliphatic hydroxyl groups is 1. The number of nitrogens with zero attached hydrogens (tertiary/aromatic N) is 1. The summed E-state index contributed by atoms with van der Waals surface area (Å²) >= 11 is 1.42. The molecule has 0 fully saturated rings. The van der Waals surface area contributed by atoms with Gasteiger partial charge in [0.25, 0.3) is 5.91 Å². The van der Waals surface area contributed by atoms with E-state index < -0.39 is 23.5 Å². The molecule has 2 aromatic heterocycles. The number of rotatable bonds is 6. The summed E-state index contributed by atoms with van der Waals surface area (Å²) in [5.74, 6) is -0.666. The van der Waals surface area contributed by atoms with Crippen LogP contribution in [0.2, 0.25) is 0 Å². The minimum absolute atomic E-state index is 0.0182. The van der Waals surface area contributed by atoms with Crippen molar-refractivity contribution in [2.24, 2.45) is 0 Å². The molecule has 0 radical (unpaired) electrons. The molecule has 0 aliphatic carbocycles. The molecular weight excluding hydrogens is 454 g/mol. The number of aliphatic hydroxyl groups excluding tert-OH is 1. The van der Waals surface area contributed by atoms with Crippen molar-refractivity contribution in [2.75, 3.05) is 19.1 Å². The lowest BCUT2D eigenvalue weighted by atomic mass is 9.98. The third-order valence-electron chi connectivity index (χ3n) is 5.91. The van der Waals surface area contributed by atoms with Crippen molar-refractivity contribution in [2.45, 2.75) is 13.0 Å². The van der Waals surface area contributed by atoms with Gasteiger partial charge in [0.2, 0.25) is 5.78 Å². The summed E-state index contributed by atoms with van der Waals surface area (Å²) in [6, 6.07) is 14.9. The number of amides is 1. The maximum Gasteiger partial charge on any atom is 0.294 e. The number of hydrogen-bond acceptors (Lipinski definition) is 7. The lowest BCUT2D eigenvalue weighted by molar-refractivity contribution is -0.117. The van der Waals surface area contributed by atoms with E-state index in [1.54, 1.807) is 55.6 Å². The standard InChI is InChI=1S/C26H21NO6S/c1-14-11-12-34-25(14)21-20(22(28)19-13-15-5-4-6-18(32-3)24(15)33-19)23(29)26(30)27(21)16-7-9-17(31-2)10-8-16/h4-13,21,29H,1-3H3. The summed E-state index contributed by atoms with van der Waals surface area (Å²) in [7, 11) is 3.07. The Kier molecular flexibility index (Phi) is 5.37. The highest BCUT2D eigenvalue weighted by Gasteiger charge is 2.46. The van der Waals surface area contributed by atoms with Crippen LogP contribution in [0.1, 0.15) is 27.0 Å². The smallest absolute Gasteiger partial charge is 0.294 e. The van der Waals surface area contributed by atoms with Gasteiger partial charge in [0.15, 0.2) is 22.9 Å². The minimum Gasteiger partial charge on any atom is -0.503 e. The molecule has 172 valence electrons. The molecule has 1 aliphatic rings. The molecule has 1 aliphatic heterocycles. The van der Waals surface area contributed by atoms with Gasteiger partial charge in [-0.2, -0.15) is 0 Å². The number of aryl methyl sites for hydroxylation is 1. The molecule has 0 spiro atoms. The molecule has 34 heavy (non-hydrogen) atoms. The van der Waals surface area contributed by atoms with Crippen molar-refractivity contribution in [3.8, 4) is 11.5 Å². The third-order valence-corrected chi connectivity index (χ3v) is 6.98. The number of carbonyl (C=O) groups excluding carboxylic acids is 2. The topological polar surface area (TPSA) is 89.2 Å². The van der Waals surface area contributed by atoms with Gasteiger partial charge in [-0.3, -0.25) is 14.5 Å². The fraction of sp³-hybridized carbons (Fsp3) is 0.154. The summed E-state index contributed by atoms with van der Waals surface area (Å²) in [5.41, 5.74) is 1.84. The quantitative estimate of drug-likeness (QED) is 0.365. The molecule has 3 heterocycles. The number of Topliss-reactive ketones (excluding diaryl/α,β-unsaturated/α-hetero) is 1. The second-order valence-corrected chi connectivity index (χ2v) is 8.77. The van der Waals surface area contributed by atoms with Gasteiger partial charge in [0.05, 0.1) is 19.8 Å². The van der Waals surface area contributed by atoms with Crippen LogP contribution in [0.5, 0.6) is 11.5 Å². The van der Waals surface area contributed by atoms with Gasteiger partial charge in [-0.05, 0) is 60.3 Å². The average molecular weight is 476 g/mol. The van der Waals surface area contributed by atoms with E-state index in [4.69, 9.17) is 13.9 Å². The van der Waals surface area contributed by atoms with Gasteiger partial charge >= 0.3 is 0 Å². The minimum atomic E-state index is -0.802. The van der Waals surface area contributed by atoms with Crippen LogP contribution in [0, 0.1) is 6.92 Å². The van der Waals surface area contributed by atoms with Crippen LogP contribution in [0.15, 0.2) is 75.7 Å². The number of fused-ring (bicyclic) bond motifs is 1. The Balaban J connectivity index is 1.64. The summed E-state index contributed by atoms with van der Waals surface area (Å²) < 4.78 is 16.4. The van der Waals surface area contributed by atoms with Crippen molar-refractivity contribution in [3.05, 3.63) is 87.5 Å². The molecule has 0 saturated heterocycles. The molecule has 1 unspecified atom stereocenters. The van der Waals surface area contributed by atoms with E-state index in [1.165, 1.54) is 23.3 Å². The van der Waals surface area contributed by atoms with Crippen molar-refractivity contribution < 1.29 is 28.6 Å². The van der Waals surface area contributed by atoms with E-state index in [0.717, 1.165) is 10.4 Å². The molecule has 1 atom stereocenters. The van der Waals surface area contributed by atoms with Crippen molar-refractivity contribution in [3.63, 3.8) is 0 Å². The number of ketones is 1. The fourth-order valence-corrected chi connectivity index (χ4v) is 5.23. The Morgan fingerprint density at radius 2 is 1.85 bits per heavy atom. The first-order chi connectivity index (χ1) is 16.4. The number of carbonyl (C=O) groups is 2. The number of ether oxygens (including phenoxy) is 2. The van der Waals surface area contributed by atoms with Gasteiger partial charge in [-0.15, -0.1) is 11.3 Å². The summed E-state index contributed by atoms with van der Waals surface area (Å²) in [5, 5.41) is 13.5. The van der Waals surface area contributed by atoms with Gasteiger partial charge in [-0.25, -0.2) is 0 Å². The second-order valence-electron chi connectivity index (χ2n) is 7.82. The largest absolute Gasteiger partial charge is 0.503 e. The molecule has 0 bridgehead atoms. The van der Waals surface area contributed by atoms with Gasteiger partial charge < -0.3 is 19.0 Å². The lowest BCUT2D eigenvalue weighted by Gasteiger charge is -2.26. The summed E-state index contributed by atoms with van der Waals surface area (Å²) in [6.07, 6.45) is 0. The van der Waals surface area contributed by atoms with Crippen LogP contribution in [-0.4, -0.2) is 31.0 Å². The van der Waals surface area contributed by atoms with Crippen LogP contribution >= 0.6 is 11.3 Å². The van der Waals surface area contributed by atoms with E-state index in [-0.39, 0.29) is 11.3 Å². The molecule has 5 rings (SSSR count). The Morgan fingerprint density at radius 1 is 1.09 bits per heavy atom. The molecule has 1 N–H and O–H groups in total. The zero-order valence-electron chi connectivity index (χ0n) is 18.7. The number of methoxy groups -OCH3 is 2. The number of hydrogen-bond donors (Lipinski definition) is 1. The van der Waals surface area contributed by atoms with Gasteiger partial charge in [0, 0.05) is 16.0 Å². The van der Waals surface area contributed by atoms with Crippen molar-refractivity contribution >= 4 is 39.7 Å². The van der Waals surface area contributed by atoms with E-state index in [0.29, 0.717) is 28.2 Å². The van der Waals surface area contributed by atoms with Gasteiger partial charge in [-0.1, -0.05) is 12.1 Å². The third kappa shape index (κ3) is 3.34. The first kappa shape index (κ1) is 21.8. The Labute approximate surface area is 199 Å². The van der Waals surface area contributed by atoms with Gasteiger partial charge in [0.1, 0.15) is 11.8 Å². The Bertz CT molecular complexity index is 1450. The number of thiophene rings is 1. The molecule has 7 nitrogen and oxygen atoms in total. The highest BCUT2D eigenvalue weighted by atomic mass is 32.1. The highest BCUT2D eigenvalue weighted by Crippen LogP contribution is 2.45. The number of benzene rings is 2. The normalized spacial score (nSPS) is 15.9. The molecule has 4 aromatic rings. The monoisotopic (exact) mass is 475 g/mol. The maximum absolute atomic E-state index is 13.7. The summed E-state index contributed by atoms with van der Waals surface area (Å²) in [4.78, 5) is 29.2. The second kappa shape index (κ2) is 8.39. The van der Waals surface area contributed by atoms with Crippen molar-refractivity contribution in [1.82, 2.24) is 0 Å². The van der Waals surface area contributed by atoms with Crippen molar-refractivity contribution in [1.29, 1.82) is 0 Å². The average Bonchev–Trinajstić information content (AvgIpc) is 3.55. The molecule has 0 saturated carbocycles. The van der Waals surface area contributed by atoms with Crippen LogP contribution < -0.4 is 14.4 Å². The molecular formula is C26H21NO6S. The SMILES string of the molecule is COc1ccc(N2C(=O)C(O)=C(C(=O)c3cc4cccc(OC)c4o3)C2c2sccc2C)cc1. The highest BCUT2D eigenvalue weighted by molar-refractivity contribution is 7.10. The predicted octanol–water partition coefficient (Wildman–Crippen LogP) is 5.60. The van der Waals surface area contributed by atoms with Crippen LogP contribution in [0.4, 0.5) is 5.69 Å². The number of para-hydroxylation sites is 1. The lowest BCUT2D eigenvalue weighted by Crippen LogP contribution is -2.30. The van der Waals surface area contributed by atoms with E-state index >= 15 is 0 Å². The molecule has 1 amide bonds. The molecule has 2 aromatic carbocycles. The van der Waals surface area contributed by atoms with Crippen LogP contribution in [0.25, 0.3) is 11.0 Å². The van der Waals surface area contributed by atoms with Crippen LogP contribution in [-0.2, 0) is 4.79 Å². The first-order valence-electron chi connectivity index (χ1n) is 10.5. The van der Waals surface area contributed by atoms with E-state index in [1.807, 2.05) is 18.4 Å². The fourth-order valence-electron chi connectivity index (χ4n) is 4.20. The van der Waals surface area contributed by atoms with Crippen LogP contribution in [0.3, 0.4) is 0 Å². The van der Waals surface area contributed by atoms with E-state index in [2.05, 4.69) is 0 Å². The summed E-state index contributed by atoms with van der Waals surface area (Å²) in [6.45, 7) is 1.91. The number of anilines is 1. The first-order valence-corrected chi connectivity index (χ1v) is 11.4.